The maximum atomic E-state index is 15.0. The fourth-order valence-electron chi connectivity index (χ4n) is 6.98. The van der Waals surface area contributed by atoms with E-state index in [0.29, 0.717) is 30.8 Å². The molecule has 8 nitrogen and oxygen atoms in total. The van der Waals surface area contributed by atoms with Crippen molar-refractivity contribution in [1.82, 2.24) is 10.4 Å². The van der Waals surface area contributed by atoms with Gasteiger partial charge < -0.3 is 19.5 Å². The number of methoxy groups -OCH3 is 2. The number of halogens is 2. The maximum absolute atomic E-state index is 15.0. The van der Waals surface area contributed by atoms with E-state index < -0.39 is 35.0 Å². The lowest BCUT2D eigenvalue weighted by Gasteiger charge is -2.35. The Labute approximate surface area is 234 Å². The fourth-order valence-corrected chi connectivity index (χ4v) is 6.98. The molecule has 1 N–H and O–H groups in total. The number of hydrogen-bond acceptors (Lipinski definition) is 6. The summed E-state index contributed by atoms with van der Waals surface area (Å²) in [6.45, 7) is 3.90. The number of nitrogens with zero attached hydrogens (tertiary/aromatic N) is 1. The zero-order valence-electron chi connectivity index (χ0n) is 23.8. The SMILES string of the molecule is COc1cc(F)c(O[C@H]2CC[C@@](C)(C(=O)OC)CC2)cc1C(=O)N[C@@H]1[C@H]2CC[C@H](C2)[C@@H]1C(=O)N(F)CC1(C)CC1. The van der Waals surface area contributed by atoms with E-state index in [9.17, 15) is 23.3 Å². The van der Waals surface area contributed by atoms with Gasteiger partial charge in [0.15, 0.2) is 11.6 Å². The molecule has 4 fully saturated rings. The van der Waals surface area contributed by atoms with Crippen LogP contribution in [0.1, 0.15) is 82.0 Å². The van der Waals surface area contributed by atoms with E-state index in [4.69, 9.17) is 14.2 Å². The summed E-state index contributed by atoms with van der Waals surface area (Å²) in [4.78, 5) is 38.9. The Kier molecular flexibility index (Phi) is 7.74. The largest absolute Gasteiger partial charge is 0.496 e. The highest BCUT2D eigenvalue weighted by Crippen LogP contribution is 2.51. The molecule has 1 aromatic carbocycles. The third-order valence-electron chi connectivity index (χ3n) is 9.87. The molecule has 0 heterocycles. The van der Waals surface area contributed by atoms with Gasteiger partial charge in [-0.1, -0.05) is 11.4 Å². The number of rotatable bonds is 9. The third-order valence-corrected chi connectivity index (χ3v) is 9.87. The van der Waals surface area contributed by atoms with Crippen LogP contribution in [0.5, 0.6) is 11.5 Å². The molecule has 0 saturated heterocycles. The van der Waals surface area contributed by atoms with Crippen molar-refractivity contribution in [2.75, 3.05) is 20.8 Å². The van der Waals surface area contributed by atoms with Crippen LogP contribution < -0.4 is 14.8 Å². The molecular formula is C30H40F2N2O6. The normalized spacial score (nSPS) is 31.8. The lowest BCUT2D eigenvalue weighted by Crippen LogP contribution is -2.50. The molecule has 4 saturated carbocycles. The van der Waals surface area contributed by atoms with Gasteiger partial charge in [-0.15, -0.1) is 0 Å². The molecule has 0 radical (unpaired) electrons. The van der Waals surface area contributed by atoms with Gasteiger partial charge in [0.25, 0.3) is 11.8 Å². The van der Waals surface area contributed by atoms with E-state index >= 15 is 0 Å². The topological polar surface area (TPSA) is 94.2 Å². The number of fused-ring (bicyclic) bond motifs is 2. The van der Waals surface area contributed by atoms with E-state index in [2.05, 4.69) is 5.32 Å². The third kappa shape index (κ3) is 5.50. The minimum absolute atomic E-state index is 0.0315. The van der Waals surface area contributed by atoms with Crippen molar-refractivity contribution < 1.29 is 37.5 Å². The summed E-state index contributed by atoms with van der Waals surface area (Å²) in [5.74, 6) is -2.54. The van der Waals surface area contributed by atoms with Gasteiger partial charge in [-0.25, -0.2) is 4.39 Å². The number of carbonyl (C=O) groups excluding carboxylic acids is 3. The molecule has 0 aliphatic heterocycles. The van der Waals surface area contributed by atoms with E-state index in [1.807, 2.05) is 13.8 Å². The van der Waals surface area contributed by atoms with Crippen molar-refractivity contribution in [2.24, 2.45) is 28.6 Å². The van der Waals surface area contributed by atoms with Crippen LogP contribution in [-0.2, 0) is 14.3 Å². The van der Waals surface area contributed by atoms with E-state index in [1.165, 1.54) is 20.3 Å². The lowest BCUT2D eigenvalue weighted by molar-refractivity contribution is -0.156. The highest BCUT2D eigenvalue weighted by Gasteiger charge is 2.53. The van der Waals surface area contributed by atoms with Crippen LogP contribution in [0.25, 0.3) is 0 Å². The molecule has 4 aliphatic carbocycles. The smallest absolute Gasteiger partial charge is 0.311 e. The predicted octanol–water partition coefficient (Wildman–Crippen LogP) is 4.99. The first-order chi connectivity index (χ1) is 19.0. The lowest BCUT2D eigenvalue weighted by atomic mass is 9.75. The summed E-state index contributed by atoms with van der Waals surface area (Å²) >= 11 is 0. The zero-order chi connectivity index (χ0) is 28.8. The van der Waals surface area contributed by atoms with Gasteiger partial charge in [-0.3, -0.25) is 14.4 Å². The summed E-state index contributed by atoms with van der Waals surface area (Å²) in [7, 11) is 2.72. The van der Waals surface area contributed by atoms with Gasteiger partial charge in [-0.05, 0) is 88.0 Å². The average Bonchev–Trinajstić information content (AvgIpc) is 3.32. The molecule has 220 valence electrons. The summed E-state index contributed by atoms with van der Waals surface area (Å²) in [6, 6.07) is 1.95. The quantitative estimate of drug-likeness (QED) is 0.337. The highest BCUT2D eigenvalue weighted by molar-refractivity contribution is 5.98. The minimum Gasteiger partial charge on any atom is -0.496 e. The van der Waals surface area contributed by atoms with Crippen LogP contribution in [0.15, 0.2) is 12.1 Å². The molecule has 0 spiro atoms. The van der Waals surface area contributed by atoms with Crippen molar-refractivity contribution in [1.29, 1.82) is 0 Å². The number of hydrogen-bond donors (Lipinski definition) is 1. The van der Waals surface area contributed by atoms with E-state index in [0.717, 1.165) is 38.2 Å². The molecule has 2 amide bonds. The summed E-state index contributed by atoms with van der Waals surface area (Å²) in [5, 5.41) is 3.34. The van der Waals surface area contributed by atoms with Crippen LogP contribution >= 0.6 is 0 Å². The van der Waals surface area contributed by atoms with Gasteiger partial charge in [0.05, 0.1) is 43.8 Å². The van der Waals surface area contributed by atoms with Gasteiger partial charge in [0.1, 0.15) is 5.75 Å². The van der Waals surface area contributed by atoms with E-state index in [1.54, 1.807) is 0 Å². The fraction of sp³-hybridized carbons (Fsp3) is 0.700. The maximum Gasteiger partial charge on any atom is 0.311 e. The summed E-state index contributed by atoms with van der Waals surface area (Å²) in [6.07, 6.45) is 6.10. The molecule has 10 heteroatoms. The number of amides is 2. The van der Waals surface area contributed by atoms with Crippen molar-refractivity contribution in [3.63, 3.8) is 0 Å². The first-order valence-corrected chi connectivity index (χ1v) is 14.4. The molecule has 1 aromatic rings. The number of benzene rings is 1. The summed E-state index contributed by atoms with van der Waals surface area (Å²) < 4.78 is 46.2. The van der Waals surface area contributed by atoms with Gasteiger partial charge >= 0.3 is 5.97 Å². The Bertz CT molecular complexity index is 1160. The molecule has 0 unspecified atom stereocenters. The molecular weight excluding hydrogens is 522 g/mol. The number of esters is 1. The standard InChI is InChI=1S/C30H40F2N2O6/c1-29(11-12-29)16-34(32)27(36)24-17-5-6-18(13-17)25(24)33-26(35)20-14-23(21(31)15-22(20)38-3)40-19-7-9-30(2,10-8-19)28(37)39-4/h14-15,17-19,24-25H,5-13,16H2,1-4H3,(H,33,35)/t17-,18+,19-,24+,25-,30+/m1/s1. The molecule has 0 aromatic heterocycles. The van der Waals surface area contributed by atoms with Gasteiger partial charge in [0, 0.05) is 12.1 Å². The second-order valence-electron chi connectivity index (χ2n) is 12.9. The second-order valence-corrected chi connectivity index (χ2v) is 12.9. The Morgan fingerprint density at radius 3 is 2.30 bits per heavy atom. The van der Waals surface area contributed by atoms with Crippen molar-refractivity contribution in [3.8, 4) is 11.5 Å². The molecule has 40 heavy (non-hydrogen) atoms. The van der Waals surface area contributed by atoms with Gasteiger partial charge in [-0.2, -0.15) is 5.12 Å². The van der Waals surface area contributed by atoms with Crippen LogP contribution in [-0.4, -0.2) is 55.8 Å². The minimum atomic E-state index is -0.663. The number of carbonyl (C=O) groups is 3. The van der Waals surface area contributed by atoms with Crippen LogP contribution in [0.3, 0.4) is 0 Å². The Balaban J connectivity index is 1.30. The Morgan fingerprint density at radius 2 is 1.68 bits per heavy atom. The van der Waals surface area contributed by atoms with Crippen molar-refractivity contribution >= 4 is 17.8 Å². The average molecular weight is 563 g/mol. The molecule has 4 aliphatic rings. The Hall–Kier alpha value is -2.91. The van der Waals surface area contributed by atoms with Crippen LogP contribution in [0.4, 0.5) is 8.87 Å². The number of nitrogens with one attached hydrogen (secondary N) is 1. The highest BCUT2D eigenvalue weighted by atomic mass is 19.2. The number of ether oxygens (including phenoxy) is 3. The molecule has 5 rings (SSSR count). The second kappa shape index (κ2) is 10.8. The predicted molar refractivity (Wildman–Crippen MR) is 142 cm³/mol. The first-order valence-electron chi connectivity index (χ1n) is 14.4. The first kappa shape index (κ1) is 28.6. The van der Waals surface area contributed by atoms with Gasteiger partial charge in [0.2, 0.25) is 0 Å². The molecule has 2 bridgehead atoms. The van der Waals surface area contributed by atoms with Crippen LogP contribution in [0.2, 0.25) is 0 Å². The molecule has 4 atom stereocenters. The Morgan fingerprint density at radius 1 is 1.00 bits per heavy atom. The van der Waals surface area contributed by atoms with Crippen LogP contribution in [0, 0.1) is 34.4 Å². The van der Waals surface area contributed by atoms with Crippen molar-refractivity contribution in [2.45, 2.75) is 83.8 Å². The summed E-state index contributed by atoms with van der Waals surface area (Å²) in [5.41, 5.74) is -0.668. The van der Waals surface area contributed by atoms with Crippen molar-refractivity contribution in [3.05, 3.63) is 23.5 Å². The zero-order valence-corrected chi connectivity index (χ0v) is 23.8. The van der Waals surface area contributed by atoms with E-state index in [-0.39, 0.29) is 52.9 Å². The monoisotopic (exact) mass is 562 g/mol.